The van der Waals surface area contributed by atoms with Crippen LogP contribution >= 0.6 is 0 Å². The number of ether oxygens (including phenoxy) is 1. The van der Waals surface area contributed by atoms with Gasteiger partial charge in [0.05, 0.1) is 18.5 Å². The van der Waals surface area contributed by atoms with Crippen LogP contribution < -0.4 is 16.0 Å². The van der Waals surface area contributed by atoms with Gasteiger partial charge in [-0.3, -0.25) is 15.2 Å². The van der Waals surface area contributed by atoms with Gasteiger partial charge in [0.2, 0.25) is 0 Å². The van der Waals surface area contributed by atoms with Crippen LogP contribution in [-0.2, 0) is 0 Å². The number of nitrogens with zero attached hydrogens (tertiary/aromatic N) is 2. The van der Waals surface area contributed by atoms with Crippen LogP contribution in [0.4, 0.5) is 0 Å². The van der Waals surface area contributed by atoms with Gasteiger partial charge in [0.15, 0.2) is 0 Å². The normalized spacial score (nSPS) is 9.89. The van der Waals surface area contributed by atoms with E-state index in [1.165, 1.54) is 13.2 Å². The summed E-state index contributed by atoms with van der Waals surface area (Å²) < 4.78 is 5.12. The average molecular weight is 244 g/mol. The maximum Gasteiger partial charge on any atom is 0.283 e. The monoisotopic (exact) mass is 244 g/mol. The Hall–Kier alpha value is -2.47. The van der Waals surface area contributed by atoms with Gasteiger partial charge in [0.1, 0.15) is 11.4 Å². The van der Waals surface area contributed by atoms with E-state index in [9.17, 15) is 4.79 Å². The summed E-state index contributed by atoms with van der Waals surface area (Å²) in [7, 11) is 1.52. The number of hydrogen-bond acceptors (Lipinski definition) is 5. The van der Waals surface area contributed by atoms with E-state index in [4.69, 9.17) is 10.6 Å². The number of aromatic nitrogens is 2. The SMILES string of the molecule is COc1cc(C(=O)NN)nc(-c2ccccn2)c1. The molecule has 2 aromatic rings. The lowest BCUT2D eigenvalue weighted by Gasteiger charge is -2.06. The first kappa shape index (κ1) is 12.0. The van der Waals surface area contributed by atoms with Crippen LogP contribution in [0.2, 0.25) is 0 Å². The number of pyridine rings is 2. The lowest BCUT2D eigenvalue weighted by molar-refractivity contribution is 0.0948. The fourth-order valence-corrected chi connectivity index (χ4v) is 1.46. The van der Waals surface area contributed by atoms with Gasteiger partial charge in [-0.1, -0.05) is 6.07 Å². The number of nitrogens with two attached hydrogens (primary N) is 1. The molecule has 0 radical (unpaired) electrons. The molecule has 2 aromatic heterocycles. The third-order valence-corrected chi connectivity index (χ3v) is 2.33. The minimum absolute atomic E-state index is 0.178. The largest absolute Gasteiger partial charge is 0.497 e. The molecule has 0 aliphatic heterocycles. The van der Waals surface area contributed by atoms with Crippen LogP contribution in [0.3, 0.4) is 0 Å². The Morgan fingerprint density at radius 2 is 2.17 bits per heavy atom. The summed E-state index contributed by atoms with van der Waals surface area (Å²) in [5.41, 5.74) is 3.42. The number of nitrogen functional groups attached to an aromatic ring is 1. The van der Waals surface area contributed by atoms with Crippen molar-refractivity contribution in [2.75, 3.05) is 7.11 Å². The topological polar surface area (TPSA) is 90.1 Å². The minimum atomic E-state index is -0.480. The first-order chi connectivity index (χ1) is 8.74. The number of amides is 1. The minimum Gasteiger partial charge on any atom is -0.497 e. The molecule has 0 aliphatic rings. The van der Waals surface area contributed by atoms with E-state index in [1.54, 1.807) is 24.4 Å². The highest BCUT2D eigenvalue weighted by molar-refractivity contribution is 5.92. The molecule has 1 amide bonds. The van der Waals surface area contributed by atoms with Gasteiger partial charge in [-0.25, -0.2) is 10.8 Å². The van der Waals surface area contributed by atoms with Crippen LogP contribution in [0.5, 0.6) is 5.75 Å². The molecule has 3 N–H and O–H groups in total. The molecule has 2 heterocycles. The number of methoxy groups -OCH3 is 1. The Kier molecular flexibility index (Phi) is 3.49. The number of hydrogen-bond donors (Lipinski definition) is 2. The van der Waals surface area contributed by atoms with E-state index in [0.717, 1.165) is 0 Å². The molecule has 0 bridgehead atoms. The molecule has 0 atom stereocenters. The Labute approximate surface area is 104 Å². The van der Waals surface area contributed by atoms with Crippen LogP contribution in [0, 0.1) is 0 Å². The lowest BCUT2D eigenvalue weighted by atomic mass is 10.2. The Balaban J connectivity index is 2.51. The van der Waals surface area contributed by atoms with Crippen molar-refractivity contribution in [2.24, 2.45) is 5.84 Å². The number of nitrogens with one attached hydrogen (secondary N) is 1. The maximum atomic E-state index is 11.5. The number of rotatable bonds is 3. The molecule has 92 valence electrons. The maximum absolute atomic E-state index is 11.5. The second kappa shape index (κ2) is 5.24. The summed E-state index contributed by atoms with van der Waals surface area (Å²) in [6.07, 6.45) is 1.65. The van der Waals surface area contributed by atoms with Crippen LogP contribution in [0.1, 0.15) is 10.5 Å². The second-order valence-electron chi connectivity index (χ2n) is 3.47. The van der Waals surface area contributed by atoms with Gasteiger partial charge in [-0.2, -0.15) is 0 Å². The van der Waals surface area contributed by atoms with Gasteiger partial charge in [-0.15, -0.1) is 0 Å². The summed E-state index contributed by atoms with van der Waals surface area (Å²) in [5.74, 6) is 5.13. The standard InChI is InChI=1S/C12H12N4O2/c1-18-8-6-10(9-4-2-3-5-14-9)15-11(7-8)12(17)16-13/h2-7H,13H2,1H3,(H,16,17). The molecule has 0 unspecified atom stereocenters. The summed E-state index contributed by atoms with van der Waals surface area (Å²) in [5, 5.41) is 0. The highest BCUT2D eigenvalue weighted by Crippen LogP contribution is 2.21. The highest BCUT2D eigenvalue weighted by atomic mass is 16.5. The summed E-state index contributed by atoms with van der Waals surface area (Å²) in [4.78, 5) is 19.8. The summed E-state index contributed by atoms with van der Waals surface area (Å²) in [6.45, 7) is 0. The molecule has 0 spiro atoms. The van der Waals surface area contributed by atoms with Crippen molar-refractivity contribution in [3.8, 4) is 17.1 Å². The smallest absolute Gasteiger partial charge is 0.283 e. The number of hydrazine groups is 1. The molecular weight excluding hydrogens is 232 g/mol. The third kappa shape index (κ3) is 2.44. The van der Waals surface area contributed by atoms with Gasteiger partial charge in [0.25, 0.3) is 5.91 Å². The molecular formula is C12H12N4O2. The van der Waals surface area contributed by atoms with Gasteiger partial charge < -0.3 is 4.74 Å². The number of carbonyl (C=O) groups is 1. The zero-order valence-electron chi connectivity index (χ0n) is 9.75. The van der Waals surface area contributed by atoms with Gasteiger partial charge in [0, 0.05) is 18.3 Å². The van der Waals surface area contributed by atoms with E-state index >= 15 is 0 Å². The molecule has 0 aromatic carbocycles. The third-order valence-electron chi connectivity index (χ3n) is 2.33. The van der Waals surface area contributed by atoms with E-state index in [1.807, 2.05) is 11.5 Å². The highest BCUT2D eigenvalue weighted by Gasteiger charge is 2.11. The van der Waals surface area contributed by atoms with Crippen molar-refractivity contribution in [2.45, 2.75) is 0 Å². The zero-order chi connectivity index (χ0) is 13.0. The molecule has 6 heteroatoms. The van der Waals surface area contributed by atoms with Gasteiger partial charge >= 0.3 is 0 Å². The summed E-state index contributed by atoms with van der Waals surface area (Å²) in [6, 6.07) is 8.65. The Morgan fingerprint density at radius 3 is 2.78 bits per heavy atom. The predicted molar refractivity (Wildman–Crippen MR) is 65.7 cm³/mol. The molecule has 0 aliphatic carbocycles. The van der Waals surface area contributed by atoms with E-state index in [0.29, 0.717) is 17.1 Å². The van der Waals surface area contributed by atoms with E-state index in [-0.39, 0.29) is 5.69 Å². The van der Waals surface area contributed by atoms with Crippen molar-refractivity contribution in [1.82, 2.24) is 15.4 Å². The van der Waals surface area contributed by atoms with Crippen molar-refractivity contribution in [3.05, 3.63) is 42.2 Å². The van der Waals surface area contributed by atoms with E-state index in [2.05, 4.69) is 9.97 Å². The zero-order valence-corrected chi connectivity index (χ0v) is 9.75. The molecule has 0 saturated carbocycles. The van der Waals surface area contributed by atoms with Crippen LogP contribution in [0.25, 0.3) is 11.4 Å². The Bertz CT molecular complexity index is 557. The fourth-order valence-electron chi connectivity index (χ4n) is 1.46. The average Bonchev–Trinajstić information content (AvgIpc) is 2.46. The molecule has 18 heavy (non-hydrogen) atoms. The Morgan fingerprint density at radius 1 is 1.33 bits per heavy atom. The second-order valence-corrected chi connectivity index (χ2v) is 3.47. The van der Waals surface area contributed by atoms with Crippen molar-refractivity contribution < 1.29 is 9.53 Å². The van der Waals surface area contributed by atoms with Crippen molar-refractivity contribution >= 4 is 5.91 Å². The van der Waals surface area contributed by atoms with Crippen LogP contribution in [-0.4, -0.2) is 23.0 Å². The number of carbonyl (C=O) groups excluding carboxylic acids is 1. The molecule has 0 fully saturated rings. The fraction of sp³-hybridized carbons (Fsp3) is 0.0833. The van der Waals surface area contributed by atoms with E-state index < -0.39 is 5.91 Å². The van der Waals surface area contributed by atoms with Crippen LogP contribution in [0.15, 0.2) is 36.5 Å². The first-order valence-corrected chi connectivity index (χ1v) is 5.23. The first-order valence-electron chi connectivity index (χ1n) is 5.23. The predicted octanol–water partition coefficient (Wildman–Crippen LogP) is 0.756. The molecule has 0 saturated heterocycles. The van der Waals surface area contributed by atoms with Gasteiger partial charge in [-0.05, 0) is 12.1 Å². The van der Waals surface area contributed by atoms with Crippen molar-refractivity contribution in [3.63, 3.8) is 0 Å². The molecule has 6 nitrogen and oxygen atoms in total. The lowest BCUT2D eigenvalue weighted by Crippen LogP contribution is -2.30. The quantitative estimate of drug-likeness (QED) is 0.472. The van der Waals surface area contributed by atoms with Crippen molar-refractivity contribution in [1.29, 1.82) is 0 Å². The summed E-state index contributed by atoms with van der Waals surface area (Å²) >= 11 is 0. The molecule has 2 rings (SSSR count).